The summed E-state index contributed by atoms with van der Waals surface area (Å²) in [6.45, 7) is 0. The molecule has 1 fully saturated rings. The third-order valence-corrected chi connectivity index (χ3v) is 1.93. The van der Waals surface area contributed by atoms with Gasteiger partial charge in [-0.05, 0) is 0 Å². The molecule has 2 heterocycles. The Hall–Kier alpha value is -2.38. The first-order chi connectivity index (χ1) is 7.08. The molecule has 1 aromatic rings. The minimum atomic E-state index is -1.06. The Labute approximate surface area is 81.7 Å². The van der Waals surface area contributed by atoms with Gasteiger partial charge in [-0.25, -0.2) is 9.59 Å². The van der Waals surface area contributed by atoms with Crippen molar-refractivity contribution in [3.05, 3.63) is 32.6 Å². The number of carbonyl (C=O) groups excluding carboxylic acids is 2. The molecule has 0 radical (unpaired) electrons. The van der Waals surface area contributed by atoms with Gasteiger partial charge in [0.15, 0.2) is 0 Å². The molecule has 0 bridgehead atoms. The van der Waals surface area contributed by atoms with Crippen LogP contribution in [0.5, 0.6) is 0 Å². The molecule has 0 aliphatic carbocycles. The van der Waals surface area contributed by atoms with E-state index in [1.807, 2.05) is 10.3 Å². The number of H-pyrrole nitrogens is 2. The fraction of sp³-hybridized carbons (Fsp3) is 0.143. The van der Waals surface area contributed by atoms with E-state index in [0.29, 0.717) is 0 Å². The molecule has 78 valence electrons. The van der Waals surface area contributed by atoms with Crippen LogP contribution in [0, 0.1) is 0 Å². The number of hydrogen-bond donors (Lipinski definition) is 4. The Balaban J connectivity index is 2.47. The van der Waals surface area contributed by atoms with Crippen LogP contribution < -0.4 is 21.9 Å². The Morgan fingerprint density at radius 2 is 1.87 bits per heavy atom. The summed E-state index contributed by atoms with van der Waals surface area (Å²) in [6.07, 6.45) is 1.09. The molecule has 0 saturated carbocycles. The number of rotatable bonds is 1. The number of amides is 3. The van der Waals surface area contributed by atoms with E-state index in [2.05, 4.69) is 10.3 Å². The van der Waals surface area contributed by atoms with Crippen molar-refractivity contribution < 1.29 is 9.59 Å². The normalized spacial score (nSPS) is 19.9. The lowest BCUT2D eigenvalue weighted by Crippen LogP contribution is -2.31. The topological polar surface area (TPSA) is 124 Å². The molecule has 3 amide bonds. The monoisotopic (exact) mass is 210 g/mol. The number of aromatic nitrogens is 2. The van der Waals surface area contributed by atoms with Crippen LogP contribution >= 0.6 is 0 Å². The third-order valence-electron chi connectivity index (χ3n) is 1.93. The summed E-state index contributed by atoms with van der Waals surface area (Å²) in [4.78, 5) is 48.1. The number of hydrogen-bond acceptors (Lipinski definition) is 4. The van der Waals surface area contributed by atoms with Crippen molar-refractivity contribution in [3.8, 4) is 0 Å². The minimum absolute atomic E-state index is 0.0158. The van der Waals surface area contributed by atoms with E-state index in [4.69, 9.17) is 0 Å². The molecule has 2 rings (SSSR count). The molecule has 8 heteroatoms. The van der Waals surface area contributed by atoms with Gasteiger partial charge >= 0.3 is 11.7 Å². The van der Waals surface area contributed by atoms with E-state index in [1.165, 1.54) is 0 Å². The Morgan fingerprint density at radius 1 is 1.13 bits per heavy atom. The van der Waals surface area contributed by atoms with Crippen LogP contribution in [0.3, 0.4) is 0 Å². The summed E-state index contributed by atoms with van der Waals surface area (Å²) in [6, 6.07) is -1.73. The van der Waals surface area contributed by atoms with E-state index >= 15 is 0 Å². The van der Waals surface area contributed by atoms with Crippen LogP contribution in [-0.4, -0.2) is 21.9 Å². The van der Waals surface area contributed by atoms with Crippen molar-refractivity contribution in [2.45, 2.75) is 6.04 Å². The van der Waals surface area contributed by atoms with Crippen molar-refractivity contribution in [1.82, 2.24) is 20.6 Å². The first-order valence-electron chi connectivity index (χ1n) is 4.01. The van der Waals surface area contributed by atoms with Gasteiger partial charge in [-0.15, -0.1) is 0 Å². The number of carbonyl (C=O) groups is 2. The molecular weight excluding hydrogens is 204 g/mol. The van der Waals surface area contributed by atoms with E-state index < -0.39 is 29.2 Å². The van der Waals surface area contributed by atoms with Crippen molar-refractivity contribution in [3.63, 3.8) is 0 Å². The Kier molecular flexibility index (Phi) is 1.89. The number of aromatic amines is 2. The molecule has 0 spiro atoms. The van der Waals surface area contributed by atoms with Gasteiger partial charge in [0.05, 0.1) is 5.56 Å². The summed E-state index contributed by atoms with van der Waals surface area (Å²) in [7, 11) is 0. The first-order valence-corrected chi connectivity index (χ1v) is 4.01. The standard InChI is InChI=1S/C7H6N4O4/c12-4-2(1-8-6(14)10-4)3-5(13)11-7(15)9-3/h1,3H,(H2,8,10,12,14)(H2,9,11,13,15). The Morgan fingerprint density at radius 3 is 2.40 bits per heavy atom. The van der Waals surface area contributed by atoms with Crippen molar-refractivity contribution in [2.75, 3.05) is 0 Å². The summed E-state index contributed by atoms with van der Waals surface area (Å²) in [5.74, 6) is -0.627. The zero-order valence-electron chi connectivity index (χ0n) is 7.29. The molecule has 1 unspecified atom stereocenters. The molecule has 0 aromatic carbocycles. The fourth-order valence-corrected chi connectivity index (χ4v) is 1.27. The summed E-state index contributed by atoms with van der Waals surface area (Å²) in [5, 5.41) is 4.21. The molecule has 1 saturated heterocycles. The van der Waals surface area contributed by atoms with Gasteiger partial charge in [0.2, 0.25) is 0 Å². The maximum Gasteiger partial charge on any atom is 0.325 e. The van der Waals surface area contributed by atoms with Crippen LogP contribution in [0.2, 0.25) is 0 Å². The van der Waals surface area contributed by atoms with E-state index in [0.717, 1.165) is 6.20 Å². The number of imide groups is 1. The van der Waals surface area contributed by atoms with E-state index in [1.54, 1.807) is 0 Å². The molecule has 1 aliphatic rings. The zero-order chi connectivity index (χ0) is 11.0. The van der Waals surface area contributed by atoms with Gasteiger partial charge in [-0.1, -0.05) is 0 Å². The predicted octanol–water partition coefficient (Wildman–Crippen LogP) is -2.06. The quantitative estimate of drug-likeness (QED) is 0.398. The molecular formula is C7H6N4O4. The van der Waals surface area contributed by atoms with E-state index in [9.17, 15) is 19.2 Å². The van der Waals surface area contributed by atoms with Gasteiger partial charge in [0.1, 0.15) is 6.04 Å². The fourth-order valence-electron chi connectivity index (χ4n) is 1.27. The highest BCUT2D eigenvalue weighted by atomic mass is 16.2. The highest BCUT2D eigenvalue weighted by Crippen LogP contribution is 2.09. The minimum Gasteiger partial charge on any atom is -0.322 e. The van der Waals surface area contributed by atoms with Gasteiger partial charge in [0, 0.05) is 6.20 Å². The van der Waals surface area contributed by atoms with Crippen LogP contribution in [-0.2, 0) is 4.79 Å². The van der Waals surface area contributed by atoms with Gasteiger partial charge in [-0.3, -0.25) is 19.9 Å². The van der Waals surface area contributed by atoms with Crippen LogP contribution in [0.1, 0.15) is 11.6 Å². The maximum atomic E-state index is 11.3. The average molecular weight is 210 g/mol. The number of nitrogens with one attached hydrogen (secondary N) is 4. The lowest BCUT2D eigenvalue weighted by atomic mass is 10.1. The summed E-state index contributed by atoms with van der Waals surface area (Å²) >= 11 is 0. The van der Waals surface area contributed by atoms with Crippen LogP contribution in [0.15, 0.2) is 15.8 Å². The Bertz CT molecular complexity index is 542. The lowest BCUT2D eigenvalue weighted by molar-refractivity contribution is -0.120. The summed E-state index contributed by atoms with van der Waals surface area (Å²) in [5.41, 5.74) is -1.40. The maximum absolute atomic E-state index is 11.3. The molecule has 1 aromatic heterocycles. The van der Waals surface area contributed by atoms with Gasteiger partial charge in [-0.2, -0.15) is 0 Å². The van der Waals surface area contributed by atoms with Crippen molar-refractivity contribution in [2.24, 2.45) is 0 Å². The molecule has 1 atom stereocenters. The second-order valence-electron chi connectivity index (χ2n) is 2.92. The van der Waals surface area contributed by atoms with Crippen molar-refractivity contribution >= 4 is 11.9 Å². The molecule has 8 nitrogen and oxygen atoms in total. The van der Waals surface area contributed by atoms with Crippen molar-refractivity contribution in [1.29, 1.82) is 0 Å². The zero-order valence-corrected chi connectivity index (χ0v) is 7.29. The number of urea groups is 1. The molecule has 1 aliphatic heterocycles. The summed E-state index contributed by atoms with van der Waals surface area (Å²) < 4.78 is 0. The average Bonchev–Trinajstić information content (AvgIpc) is 2.45. The van der Waals surface area contributed by atoms with E-state index in [-0.39, 0.29) is 5.56 Å². The first kappa shape index (κ1) is 9.19. The third kappa shape index (κ3) is 1.52. The second kappa shape index (κ2) is 3.08. The SMILES string of the molecule is O=C1NC(=O)C(c2c[nH]c(=O)[nH]c2=O)N1. The smallest absolute Gasteiger partial charge is 0.322 e. The molecule has 4 N–H and O–H groups in total. The second-order valence-corrected chi connectivity index (χ2v) is 2.92. The van der Waals surface area contributed by atoms with Gasteiger partial charge < -0.3 is 10.3 Å². The predicted molar refractivity (Wildman–Crippen MR) is 47.1 cm³/mol. The molecule has 15 heavy (non-hydrogen) atoms. The highest BCUT2D eigenvalue weighted by molar-refractivity contribution is 6.04. The highest BCUT2D eigenvalue weighted by Gasteiger charge is 2.32. The largest absolute Gasteiger partial charge is 0.325 e. The van der Waals surface area contributed by atoms with Crippen LogP contribution in [0.4, 0.5) is 4.79 Å². The lowest BCUT2D eigenvalue weighted by Gasteiger charge is -2.04. The van der Waals surface area contributed by atoms with Gasteiger partial charge in [0.25, 0.3) is 11.5 Å². The van der Waals surface area contributed by atoms with Crippen LogP contribution in [0.25, 0.3) is 0 Å².